The summed E-state index contributed by atoms with van der Waals surface area (Å²) in [7, 11) is 0. The summed E-state index contributed by atoms with van der Waals surface area (Å²) in [6.07, 6.45) is 0. The van der Waals surface area contributed by atoms with E-state index >= 15 is 0 Å². The van der Waals surface area contributed by atoms with Gasteiger partial charge < -0.3 is 9.88 Å². The molecule has 0 aliphatic rings. The van der Waals surface area contributed by atoms with Crippen molar-refractivity contribution in [3.8, 4) is 0 Å². The number of halogens is 1. The molecule has 1 rings (SSSR count). The molecule has 0 spiro atoms. The van der Waals surface area contributed by atoms with Crippen LogP contribution in [0.3, 0.4) is 0 Å². The van der Waals surface area contributed by atoms with Gasteiger partial charge in [-0.25, -0.2) is 0 Å². The molecule has 16 heavy (non-hydrogen) atoms. The van der Waals surface area contributed by atoms with Crippen molar-refractivity contribution in [2.75, 3.05) is 0 Å². The number of nitrogens with one attached hydrogen (secondary N) is 1. The Labute approximate surface area is 99.2 Å². The molecule has 0 saturated heterocycles. The van der Waals surface area contributed by atoms with Crippen molar-refractivity contribution in [3.05, 3.63) is 32.7 Å². The number of carbonyl (C=O) groups is 1. The number of carbonyl (C=O) groups excluding carboxylic acids is 1. The molecule has 4 nitrogen and oxygen atoms in total. The summed E-state index contributed by atoms with van der Waals surface area (Å²) in [5, 5.41) is 2.98. The number of nitrogens with zero attached hydrogens (tertiary/aromatic N) is 1. The van der Waals surface area contributed by atoms with Crippen LogP contribution < -0.4 is 10.7 Å². The molecule has 88 valence electrons. The van der Waals surface area contributed by atoms with Crippen molar-refractivity contribution in [2.45, 2.75) is 33.9 Å². The van der Waals surface area contributed by atoms with Crippen molar-refractivity contribution < 1.29 is 4.79 Å². The zero-order valence-electron chi connectivity index (χ0n) is 9.63. The molecular formula is C11H15ClN2O2. The maximum atomic E-state index is 11.7. The van der Waals surface area contributed by atoms with E-state index in [1.165, 1.54) is 13.0 Å². The van der Waals surface area contributed by atoms with Gasteiger partial charge >= 0.3 is 0 Å². The molecule has 0 saturated carbocycles. The Balaban J connectivity index is 3.18. The Morgan fingerprint density at radius 2 is 2.19 bits per heavy atom. The second-order valence-corrected chi connectivity index (χ2v) is 3.93. The molecule has 0 atom stereocenters. The zero-order chi connectivity index (χ0) is 12.3. The third kappa shape index (κ3) is 2.64. The van der Waals surface area contributed by atoms with Crippen molar-refractivity contribution in [3.63, 3.8) is 0 Å². The molecule has 0 aliphatic heterocycles. The first kappa shape index (κ1) is 12.8. The summed E-state index contributed by atoms with van der Waals surface area (Å²) in [4.78, 5) is 22.5. The summed E-state index contributed by atoms with van der Waals surface area (Å²) in [6.45, 7) is 6.05. The second-order valence-electron chi connectivity index (χ2n) is 3.57. The predicted molar refractivity (Wildman–Crippen MR) is 63.6 cm³/mol. The Kier molecular flexibility index (Phi) is 4.12. The molecule has 0 bridgehead atoms. The Bertz CT molecular complexity index is 466. The predicted octanol–water partition coefficient (Wildman–Crippen LogP) is 1.47. The maximum absolute atomic E-state index is 11.7. The number of rotatable bonds is 3. The molecule has 0 fully saturated rings. The monoisotopic (exact) mass is 242 g/mol. The number of pyridine rings is 1. The lowest BCUT2D eigenvalue weighted by Gasteiger charge is -2.14. The average molecular weight is 243 g/mol. The Morgan fingerprint density at radius 3 is 2.69 bits per heavy atom. The fraction of sp³-hybridized carbons (Fsp3) is 0.455. The molecule has 0 aliphatic carbocycles. The highest BCUT2D eigenvalue weighted by molar-refractivity contribution is 6.30. The molecule has 0 radical (unpaired) electrons. The quantitative estimate of drug-likeness (QED) is 0.816. The molecule has 0 aromatic carbocycles. The van der Waals surface area contributed by atoms with Crippen LogP contribution in [0.5, 0.6) is 0 Å². The summed E-state index contributed by atoms with van der Waals surface area (Å²) in [5.74, 6) is -0.181. The highest BCUT2D eigenvalue weighted by Gasteiger charge is 2.11. The smallest absolute Gasteiger partial charge is 0.217 e. The van der Waals surface area contributed by atoms with E-state index in [-0.39, 0.29) is 17.9 Å². The third-order valence-electron chi connectivity index (χ3n) is 2.38. The summed E-state index contributed by atoms with van der Waals surface area (Å²) < 4.78 is 1.83. The van der Waals surface area contributed by atoms with Gasteiger partial charge in [0.1, 0.15) is 5.15 Å². The van der Waals surface area contributed by atoms with E-state index in [1.807, 2.05) is 18.4 Å². The lowest BCUT2D eigenvalue weighted by Crippen LogP contribution is -2.25. The Morgan fingerprint density at radius 1 is 1.56 bits per heavy atom. The molecule has 1 heterocycles. The van der Waals surface area contributed by atoms with E-state index in [4.69, 9.17) is 11.6 Å². The van der Waals surface area contributed by atoms with Crippen LogP contribution in [0.15, 0.2) is 10.9 Å². The van der Waals surface area contributed by atoms with Crippen LogP contribution >= 0.6 is 11.6 Å². The van der Waals surface area contributed by atoms with Gasteiger partial charge in [0, 0.05) is 31.8 Å². The normalized spacial score (nSPS) is 10.2. The minimum Gasteiger partial charge on any atom is -0.352 e. The van der Waals surface area contributed by atoms with Gasteiger partial charge in [0.05, 0.1) is 5.56 Å². The standard InChI is InChI=1S/C11H15ClN2O2/c1-4-14-7(2)5-10(16)9(11(14)12)6-13-8(3)15/h5H,4,6H2,1-3H3,(H,13,15). The highest BCUT2D eigenvalue weighted by Crippen LogP contribution is 2.14. The minimum absolute atomic E-state index is 0.138. The third-order valence-corrected chi connectivity index (χ3v) is 2.81. The number of hydrogen-bond acceptors (Lipinski definition) is 2. The maximum Gasteiger partial charge on any atom is 0.217 e. The summed E-state index contributed by atoms with van der Waals surface area (Å²) in [5.41, 5.74) is 1.12. The van der Waals surface area contributed by atoms with Gasteiger partial charge in [-0.1, -0.05) is 11.6 Å². The van der Waals surface area contributed by atoms with Crippen LogP contribution in [0, 0.1) is 6.92 Å². The minimum atomic E-state index is -0.181. The van der Waals surface area contributed by atoms with Crippen LogP contribution in [-0.2, 0) is 17.9 Å². The van der Waals surface area contributed by atoms with E-state index < -0.39 is 0 Å². The van der Waals surface area contributed by atoms with Gasteiger partial charge in [-0.15, -0.1) is 0 Å². The molecule has 5 heteroatoms. The highest BCUT2D eigenvalue weighted by atomic mass is 35.5. The van der Waals surface area contributed by atoms with Crippen LogP contribution in [0.25, 0.3) is 0 Å². The van der Waals surface area contributed by atoms with E-state index in [0.717, 1.165) is 5.69 Å². The van der Waals surface area contributed by atoms with Gasteiger partial charge in [0.15, 0.2) is 5.43 Å². The van der Waals surface area contributed by atoms with Crippen molar-refractivity contribution in [1.29, 1.82) is 0 Å². The van der Waals surface area contributed by atoms with Gasteiger partial charge in [0.2, 0.25) is 5.91 Å². The number of aromatic nitrogens is 1. The first-order valence-corrected chi connectivity index (χ1v) is 5.48. The van der Waals surface area contributed by atoms with E-state index in [1.54, 1.807) is 0 Å². The lowest BCUT2D eigenvalue weighted by atomic mass is 10.2. The molecule has 1 N–H and O–H groups in total. The second kappa shape index (κ2) is 5.16. The Hall–Kier alpha value is -1.29. The van der Waals surface area contributed by atoms with Crippen LogP contribution in [-0.4, -0.2) is 10.5 Å². The molecule has 1 aromatic heterocycles. The van der Waals surface area contributed by atoms with Gasteiger partial charge in [-0.05, 0) is 13.8 Å². The average Bonchev–Trinajstić information content (AvgIpc) is 2.16. The summed E-state index contributed by atoms with van der Waals surface area (Å²) >= 11 is 6.11. The first-order chi connectivity index (χ1) is 7.47. The van der Waals surface area contributed by atoms with Gasteiger partial charge in [0.25, 0.3) is 0 Å². The summed E-state index contributed by atoms with van der Waals surface area (Å²) in [6, 6.07) is 1.53. The largest absolute Gasteiger partial charge is 0.352 e. The van der Waals surface area contributed by atoms with Crippen molar-refractivity contribution in [1.82, 2.24) is 9.88 Å². The number of hydrogen-bond donors (Lipinski definition) is 1. The molecule has 1 amide bonds. The fourth-order valence-corrected chi connectivity index (χ4v) is 1.95. The van der Waals surface area contributed by atoms with Crippen LogP contribution in [0.4, 0.5) is 0 Å². The van der Waals surface area contributed by atoms with Gasteiger partial charge in [-0.3, -0.25) is 9.59 Å². The van der Waals surface area contributed by atoms with E-state index in [9.17, 15) is 9.59 Å². The zero-order valence-corrected chi connectivity index (χ0v) is 10.4. The number of amides is 1. The van der Waals surface area contributed by atoms with Crippen molar-refractivity contribution in [2.24, 2.45) is 0 Å². The van der Waals surface area contributed by atoms with E-state index in [0.29, 0.717) is 17.3 Å². The fourth-order valence-electron chi connectivity index (χ4n) is 1.54. The van der Waals surface area contributed by atoms with Crippen molar-refractivity contribution >= 4 is 17.5 Å². The molecular weight excluding hydrogens is 228 g/mol. The SMILES string of the molecule is CCn1c(C)cc(=O)c(CNC(C)=O)c1Cl. The van der Waals surface area contributed by atoms with E-state index in [2.05, 4.69) is 5.32 Å². The lowest BCUT2D eigenvalue weighted by molar-refractivity contribution is -0.119. The van der Waals surface area contributed by atoms with Crippen LogP contribution in [0.1, 0.15) is 25.1 Å². The molecule has 0 unspecified atom stereocenters. The van der Waals surface area contributed by atoms with Gasteiger partial charge in [-0.2, -0.15) is 0 Å². The number of aryl methyl sites for hydroxylation is 1. The topological polar surface area (TPSA) is 51.1 Å². The van der Waals surface area contributed by atoms with Crippen LogP contribution in [0.2, 0.25) is 5.15 Å². The molecule has 1 aromatic rings. The first-order valence-electron chi connectivity index (χ1n) is 5.10.